The molecule has 7 heteroatoms. The lowest BCUT2D eigenvalue weighted by molar-refractivity contribution is -0.153. The lowest BCUT2D eigenvalue weighted by atomic mass is 10.2. The normalized spacial score (nSPS) is 24.1. The third-order valence-electron chi connectivity index (χ3n) is 2.49. The van der Waals surface area contributed by atoms with E-state index in [1.165, 1.54) is 0 Å². The summed E-state index contributed by atoms with van der Waals surface area (Å²) in [6, 6.07) is -0.436. The molecule has 0 radical (unpaired) electrons. The fraction of sp³-hybridized carbons (Fsp3) is 0.818. The minimum atomic E-state index is -1.07. The van der Waals surface area contributed by atoms with Crippen molar-refractivity contribution in [3.05, 3.63) is 0 Å². The van der Waals surface area contributed by atoms with Crippen LogP contribution >= 0.6 is 0 Å². The molecule has 18 heavy (non-hydrogen) atoms. The molecular weight excluding hydrogens is 240 g/mol. The van der Waals surface area contributed by atoms with E-state index >= 15 is 0 Å². The van der Waals surface area contributed by atoms with Gasteiger partial charge in [0, 0.05) is 6.54 Å². The molecule has 0 aromatic rings. The lowest BCUT2D eigenvalue weighted by Gasteiger charge is -2.21. The average molecular weight is 260 g/mol. The number of hydrogen-bond donors (Lipinski definition) is 3. The monoisotopic (exact) mass is 260 g/mol. The molecule has 0 spiro atoms. The maximum atomic E-state index is 11.4. The number of esters is 1. The first-order valence-electron chi connectivity index (χ1n) is 5.80. The molecule has 2 unspecified atom stereocenters. The quantitative estimate of drug-likeness (QED) is 0.599. The van der Waals surface area contributed by atoms with Crippen LogP contribution in [0.15, 0.2) is 0 Å². The molecule has 1 amide bonds. The zero-order chi connectivity index (χ0) is 13.9. The van der Waals surface area contributed by atoms with Gasteiger partial charge >= 0.3 is 12.1 Å². The minimum Gasteiger partial charge on any atom is -0.465 e. The SMILES string of the molecule is CC(C)(C)OC(=O)CNC1CN(C(=O)O)CC1O. The molecule has 1 aliphatic heterocycles. The molecule has 0 bridgehead atoms. The second kappa shape index (κ2) is 5.53. The van der Waals surface area contributed by atoms with Gasteiger partial charge in [-0.3, -0.25) is 10.1 Å². The van der Waals surface area contributed by atoms with E-state index in [-0.39, 0.29) is 19.6 Å². The van der Waals surface area contributed by atoms with Crippen LogP contribution in [0.1, 0.15) is 20.8 Å². The highest BCUT2D eigenvalue weighted by atomic mass is 16.6. The van der Waals surface area contributed by atoms with Crippen molar-refractivity contribution >= 4 is 12.1 Å². The van der Waals surface area contributed by atoms with Crippen molar-refractivity contribution < 1.29 is 24.5 Å². The number of nitrogens with one attached hydrogen (secondary N) is 1. The third kappa shape index (κ3) is 4.50. The summed E-state index contributed by atoms with van der Waals surface area (Å²) in [5.41, 5.74) is -0.555. The maximum Gasteiger partial charge on any atom is 0.407 e. The highest BCUT2D eigenvalue weighted by Crippen LogP contribution is 2.11. The molecule has 0 aromatic carbocycles. The number of nitrogens with zero attached hydrogens (tertiary/aromatic N) is 1. The van der Waals surface area contributed by atoms with Crippen molar-refractivity contribution in [2.75, 3.05) is 19.6 Å². The summed E-state index contributed by atoms with van der Waals surface area (Å²) >= 11 is 0. The van der Waals surface area contributed by atoms with E-state index in [0.29, 0.717) is 0 Å². The Bertz CT molecular complexity index is 326. The van der Waals surface area contributed by atoms with E-state index in [2.05, 4.69) is 5.32 Å². The van der Waals surface area contributed by atoms with Gasteiger partial charge in [-0.25, -0.2) is 4.79 Å². The van der Waals surface area contributed by atoms with Crippen molar-refractivity contribution in [1.82, 2.24) is 10.2 Å². The van der Waals surface area contributed by atoms with Crippen molar-refractivity contribution in [2.24, 2.45) is 0 Å². The van der Waals surface area contributed by atoms with Gasteiger partial charge < -0.3 is 19.8 Å². The van der Waals surface area contributed by atoms with Crippen LogP contribution in [0.4, 0.5) is 4.79 Å². The van der Waals surface area contributed by atoms with Crippen molar-refractivity contribution in [3.63, 3.8) is 0 Å². The third-order valence-corrected chi connectivity index (χ3v) is 2.49. The summed E-state index contributed by atoms with van der Waals surface area (Å²) in [6.45, 7) is 5.47. The number of carboxylic acid groups (broad SMARTS) is 1. The number of amides is 1. The topological polar surface area (TPSA) is 99.1 Å². The van der Waals surface area contributed by atoms with Gasteiger partial charge in [-0.2, -0.15) is 0 Å². The summed E-state index contributed by atoms with van der Waals surface area (Å²) < 4.78 is 5.09. The number of rotatable bonds is 3. The second-order valence-corrected chi connectivity index (χ2v) is 5.33. The van der Waals surface area contributed by atoms with E-state index in [0.717, 1.165) is 4.90 Å². The number of carbonyl (C=O) groups is 2. The molecule has 2 atom stereocenters. The average Bonchev–Trinajstić information content (AvgIpc) is 2.54. The standard InChI is InChI=1S/C11H20N2O5/c1-11(2,3)18-9(15)4-12-7-5-13(10(16)17)6-8(7)14/h7-8,12,14H,4-6H2,1-3H3,(H,16,17). The van der Waals surface area contributed by atoms with Gasteiger partial charge in [-0.1, -0.05) is 0 Å². The first-order valence-corrected chi connectivity index (χ1v) is 5.80. The van der Waals surface area contributed by atoms with Crippen LogP contribution in [-0.4, -0.2) is 64.6 Å². The molecule has 1 fully saturated rings. The van der Waals surface area contributed by atoms with Gasteiger partial charge in [-0.05, 0) is 20.8 Å². The fourth-order valence-electron chi connectivity index (χ4n) is 1.74. The molecule has 1 heterocycles. The molecule has 0 aromatic heterocycles. The zero-order valence-corrected chi connectivity index (χ0v) is 10.8. The summed E-state index contributed by atoms with van der Waals surface area (Å²) in [5.74, 6) is -0.427. The number of hydrogen-bond acceptors (Lipinski definition) is 5. The molecule has 1 rings (SSSR count). The minimum absolute atomic E-state index is 0.0492. The summed E-state index contributed by atoms with van der Waals surface area (Å²) in [7, 11) is 0. The number of carbonyl (C=O) groups excluding carboxylic acids is 1. The molecule has 1 aliphatic rings. The molecular formula is C11H20N2O5. The smallest absolute Gasteiger partial charge is 0.407 e. The number of likely N-dealkylation sites (tertiary alicyclic amines) is 1. The largest absolute Gasteiger partial charge is 0.465 e. The van der Waals surface area contributed by atoms with Crippen LogP contribution in [0.25, 0.3) is 0 Å². The highest BCUT2D eigenvalue weighted by molar-refractivity contribution is 5.72. The molecule has 3 N–H and O–H groups in total. The van der Waals surface area contributed by atoms with Crippen LogP contribution in [0, 0.1) is 0 Å². The van der Waals surface area contributed by atoms with Crippen molar-refractivity contribution in [2.45, 2.75) is 38.5 Å². The van der Waals surface area contributed by atoms with Crippen molar-refractivity contribution in [3.8, 4) is 0 Å². The van der Waals surface area contributed by atoms with Crippen LogP contribution in [0.5, 0.6) is 0 Å². The Balaban J connectivity index is 2.36. The van der Waals surface area contributed by atoms with Crippen LogP contribution in [0.3, 0.4) is 0 Å². The van der Waals surface area contributed by atoms with Crippen LogP contribution in [-0.2, 0) is 9.53 Å². The summed E-state index contributed by atoms with van der Waals surface area (Å²) in [6.07, 6.45) is -1.88. The fourth-order valence-corrected chi connectivity index (χ4v) is 1.74. The maximum absolute atomic E-state index is 11.4. The van der Waals surface area contributed by atoms with Gasteiger partial charge in [0.2, 0.25) is 0 Å². The number of aliphatic hydroxyl groups excluding tert-OH is 1. The van der Waals surface area contributed by atoms with Gasteiger partial charge in [0.05, 0.1) is 25.2 Å². The number of β-amino-alcohol motifs (C(OH)–C–C–N with tert-alkyl or cyclic N) is 1. The molecule has 1 saturated heterocycles. The van der Waals surface area contributed by atoms with Crippen molar-refractivity contribution in [1.29, 1.82) is 0 Å². The summed E-state index contributed by atoms with van der Waals surface area (Å²) in [5, 5.41) is 21.2. The number of ether oxygens (including phenoxy) is 1. The second-order valence-electron chi connectivity index (χ2n) is 5.33. The molecule has 7 nitrogen and oxygen atoms in total. The number of aliphatic hydroxyl groups is 1. The van der Waals surface area contributed by atoms with Crippen LogP contribution < -0.4 is 5.32 Å². The van der Waals surface area contributed by atoms with E-state index in [9.17, 15) is 14.7 Å². The predicted molar refractivity (Wildman–Crippen MR) is 63.2 cm³/mol. The van der Waals surface area contributed by atoms with E-state index in [1.807, 2.05) is 0 Å². The van der Waals surface area contributed by atoms with Gasteiger partial charge in [0.1, 0.15) is 5.60 Å². The Labute approximate surface area is 106 Å². The first-order chi connectivity index (χ1) is 8.19. The highest BCUT2D eigenvalue weighted by Gasteiger charge is 2.34. The van der Waals surface area contributed by atoms with E-state index < -0.39 is 29.8 Å². The Hall–Kier alpha value is -1.34. The van der Waals surface area contributed by atoms with E-state index in [1.54, 1.807) is 20.8 Å². The molecule has 0 aliphatic carbocycles. The van der Waals surface area contributed by atoms with Gasteiger partial charge in [0.15, 0.2) is 0 Å². The lowest BCUT2D eigenvalue weighted by Crippen LogP contribution is -2.43. The Morgan fingerprint density at radius 1 is 1.39 bits per heavy atom. The Morgan fingerprint density at radius 2 is 2.00 bits per heavy atom. The van der Waals surface area contributed by atoms with Gasteiger partial charge in [-0.15, -0.1) is 0 Å². The summed E-state index contributed by atoms with van der Waals surface area (Å²) in [4.78, 5) is 23.3. The van der Waals surface area contributed by atoms with Gasteiger partial charge in [0.25, 0.3) is 0 Å². The first kappa shape index (κ1) is 14.7. The zero-order valence-electron chi connectivity index (χ0n) is 10.8. The molecule has 104 valence electrons. The predicted octanol–water partition coefficient (Wildman–Crippen LogP) is -0.359. The molecule has 0 saturated carbocycles. The van der Waals surface area contributed by atoms with Crippen LogP contribution in [0.2, 0.25) is 0 Å². The Morgan fingerprint density at radius 3 is 2.44 bits per heavy atom. The van der Waals surface area contributed by atoms with E-state index in [4.69, 9.17) is 9.84 Å². The Kier molecular flexibility index (Phi) is 4.53.